The number of rotatable bonds is 14. The Morgan fingerprint density at radius 2 is 1.67 bits per heavy atom. The highest BCUT2D eigenvalue weighted by Crippen LogP contribution is 2.30. The number of alkyl carbamates (subject to hydrolysis) is 1. The number of ether oxygens (including phenoxy) is 1. The predicted octanol–water partition coefficient (Wildman–Crippen LogP) is 5.31. The van der Waals surface area contributed by atoms with E-state index in [0.717, 1.165) is 25.7 Å². The summed E-state index contributed by atoms with van der Waals surface area (Å²) in [6.07, 6.45) is 3.93. The van der Waals surface area contributed by atoms with E-state index in [4.69, 9.17) is 4.74 Å². The smallest absolute Gasteiger partial charge is 0.408 e. The van der Waals surface area contributed by atoms with Gasteiger partial charge in [0.2, 0.25) is 11.8 Å². The molecule has 8 nitrogen and oxygen atoms in total. The highest BCUT2D eigenvalue weighted by Gasteiger charge is 2.37. The first-order chi connectivity index (χ1) is 16.9. The molecule has 0 aromatic heterocycles. The van der Waals surface area contributed by atoms with Crippen molar-refractivity contribution in [2.45, 2.75) is 105 Å². The van der Waals surface area contributed by atoms with Crippen molar-refractivity contribution >= 4 is 17.9 Å². The van der Waals surface area contributed by atoms with Crippen LogP contribution in [0.15, 0.2) is 24.3 Å². The summed E-state index contributed by atoms with van der Waals surface area (Å²) in [7, 11) is 0. The monoisotopic (exact) mass is 505 g/mol. The fourth-order valence-electron chi connectivity index (χ4n) is 3.90. The molecule has 1 aromatic carbocycles. The lowest BCUT2D eigenvalue weighted by Gasteiger charge is -2.35. The Hall–Kier alpha value is -2.77. The van der Waals surface area contributed by atoms with Crippen molar-refractivity contribution in [1.29, 1.82) is 0 Å². The molecule has 0 aliphatic heterocycles. The molecule has 0 aliphatic carbocycles. The molecule has 2 unspecified atom stereocenters. The van der Waals surface area contributed by atoms with Crippen LogP contribution in [-0.2, 0) is 14.3 Å². The van der Waals surface area contributed by atoms with Gasteiger partial charge in [0.25, 0.3) is 0 Å². The second-order valence-electron chi connectivity index (χ2n) is 10.7. The van der Waals surface area contributed by atoms with E-state index in [9.17, 15) is 19.5 Å². The summed E-state index contributed by atoms with van der Waals surface area (Å²) < 4.78 is 5.42. The maximum atomic E-state index is 14.0. The number of phenols is 1. The largest absolute Gasteiger partial charge is 0.508 e. The van der Waals surface area contributed by atoms with E-state index in [2.05, 4.69) is 17.6 Å². The van der Waals surface area contributed by atoms with Crippen LogP contribution in [0, 0.1) is 5.92 Å². The molecule has 36 heavy (non-hydrogen) atoms. The third-order valence-electron chi connectivity index (χ3n) is 5.60. The summed E-state index contributed by atoms with van der Waals surface area (Å²) in [6, 6.07) is 4.69. The van der Waals surface area contributed by atoms with Crippen molar-refractivity contribution in [2.75, 3.05) is 13.1 Å². The van der Waals surface area contributed by atoms with Crippen molar-refractivity contribution in [3.63, 3.8) is 0 Å². The molecule has 0 fully saturated rings. The predicted molar refractivity (Wildman–Crippen MR) is 143 cm³/mol. The molecule has 0 saturated carbocycles. The minimum absolute atomic E-state index is 0.0538. The maximum Gasteiger partial charge on any atom is 0.408 e. The van der Waals surface area contributed by atoms with Gasteiger partial charge < -0.3 is 25.4 Å². The maximum absolute atomic E-state index is 14.0. The lowest BCUT2D eigenvalue weighted by molar-refractivity contribution is -0.143. The summed E-state index contributed by atoms with van der Waals surface area (Å²) in [6.45, 7) is 14.1. The van der Waals surface area contributed by atoms with Crippen molar-refractivity contribution < 1.29 is 24.2 Å². The topological polar surface area (TPSA) is 108 Å². The number of aromatic hydroxyl groups is 1. The fraction of sp³-hybridized carbons (Fsp3) is 0.679. The third-order valence-corrected chi connectivity index (χ3v) is 5.60. The van der Waals surface area contributed by atoms with Gasteiger partial charge >= 0.3 is 6.09 Å². The van der Waals surface area contributed by atoms with Crippen LogP contribution in [0.2, 0.25) is 0 Å². The van der Waals surface area contributed by atoms with Gasteiger partial charge in [-0.05, 0) is 52.0 Å². The molecule has 204 valence electrons. The van der Waals surface area contributed by atoms with Crippen LogP contribution < -0.4 is 10.6 Å². The number of carbonyl (C=O) groups is 3. The molecule has 1 aromatic rings. The van der Waals surface area contributed by atoms with Crippen LogP contribution in [0.5, 0.6) is 5.75 Å². The highest BCUT2D eigenvalue weighted by molar-refractivity contribution is 5.92. The standard InChI is InChI=1S/C28H47N3O5/c1-8-10-14-18-31(26(34)22(19-20(3)4)30-27(35)36-28(5,6)7)24(25(33)29-17-11-9-2)21-15-12-13-16-23(21)32/h12-13,15-16,20,22,24,32H,8-11,14,17-19H2,1-7H3,(H,29,33)(H,30,35). The van der Waals surface area contributed by atoms with Gasteiger partial charge in [-0.25, -0.2) is 4.79 Å². The van der Waals surface area contributed by atoms with E-state index in [-0.39, 0.29) is 23.5 Å². The number of nitrogens with one attached hydrogen (secondary N) is 2. The number of carbonyl (C=O) groups excluding carboxylic acids is 3. The number of benzene rings is 1. The van der Waals surface area contributed by atoms with E-state index in [1.165, 1.54) is 11.0 Å². The molecule has 0 aliphatic rings. The molecule has 0 saturated heterocycles. The van der Waals surface area contributed by atoms with Gasteiger partial charge in [0.1, 0.15) is 23.4 Å². The Labute approximate surface area is 217 Å². The number of para-hydroxylation sites is 1. The zero-order valence-corrected chi connectivity index (χ0v) is 23.2. The minimum atomic E-state index is -1.03. The van der Waals surface area contributed by atoms with Gasteiger partial charge in [-0.3, -0.25) is 9.59 Å². The first-order valence-corrected chi connectivity index (χ1v) is 13.3. The van der Waals surface area contributed by atoms with E-state index in [1.54, 1.807) is 39.0 Å². The molecule has 1 rings (SSSR count). The fourth-order valence-corrected chi connectivity index (χ4v) is 3.90. The van der Waals surface area contributed by atoms with Crippen LogP contribution in [0.4, 0.5) is 4.79 Å². The summed E-state index contributed by atoms with van der Waals surface area (Å²) in [5, 5.41) is 16.3. The van der Waals surface area contributed by atoms with Crippen LogP contribution in [0.1, 0.15) is 98.6 Å². The van der Waals surface area contributed by atoms with Gasteiger partial charge in [0.05, 0.1) is 0 Å². The average molecular weight is 506 g/mol. The van der Waals surface area contributed by atoms with Gasteiger partial charge in [-0.2, -0.15) is 0 Å². The number of hydrogen-bond donors (Lipinski definition) is 3. The Morgan fingerprint density at radius 1 is 1.03 bits per heavy atom. The molecule has 0 radical (unpaired) electrons. The van der Waals surface area contributed by atoms with E-state index in [1.807, 2.05) is 20.8 Å². The lowest BCUT2D eigenvalue weighted by Crippen LogP contribution is -2.53. The number of phenolic OH excluding ortho intramolecular Hbond substituents is 1. The molecular weight excluding hydrogens is 458 g/mol. The van der Waals surface area contributed by atoms with E-state index >= 15 is 0 Å². The second kappa shape index (κ2) is 15.4. The van der Waals surface area contributed by atoms with E-state index in [0.29, 0.717) is 31.5 Å². The average Bonchev–Trinajstić information content (AvgIpc) is 2.77. The molecule has 2 atom stereocenters. The third kappa shape index (κ3) is 10.9. The first kappa shape index (κ1) is 31.3. The first-order valence-electron chi connectivity index (χ1n) is 13.3. The molecule has 3 amide bonds. The highest BCUT2D eigenvalue weighted by atomic mass is 16.6. The van der Waals surface area contributed by atoms with Crippen LogP contribution in [0.3, 0.4) is 0 Å². The number of amides is 3. The van der Waals surface area contributed by atoms with Crippen molar-refractivity contribution in [1.82, 2.24) is 15.5 Å². The Morgan fingerprint density at radius 3 is 2.22 bits per heavy atom. The molecule has 8 heteroatoms. The molecule has 0 heterocycles. The molecule has 0 spiro atoms. The molecular formula is C28H47N3O5. The minimum Gasteiger partial charge on any atom is -0.508 e. The normalized spacial score (nSPS) is 13.1. The van der Waals surface area contributed by atoms with E-state index < -0.39 is 23.8 Å². The number of nitrogens with zero attached hydrogens (tertiary/aromatic N) is 1. The quantitative estimate of drug-likeness (QED) is 0.297. The van der Waals surface area contributed by atoms with Gasteiger partial charge in [-0.1, -0.05) is 65.2 Å². The number of unbranched alkanes of at least 4 members (excludes halogenated alkanes) is 3. The summed E-state index contributed by atoms with van der Waals surface area (Å²) in [5.74, 6) is -0.671. The van der Waals surface area contributed by atoms with Gasteiger partial charge in [-0.15, -0.1) is 0 Å². The summed E-state index contributed by atoms with van der Waals surface area (Å²) in [4.78, 5) is 41.6. The van der Waals surface area contributed by atoms with Crippen molar-refractivity contribution in [3.8, 4) is 5.75 Å². The molecule has 3 N–H and O–H groups in total. The van der Waals surface area contributed by atoms with Gasteiger partial charge in [0, 0.05) is 18.7 Å². The van der Waals surface area contributed by atoms with Crippen LogP contribution >= 0.6 is 0 Å². The van der Waals surface area contributed by atoms with Crippen LogP contribution in [-0.4, -0.2) is 52.6 Å². The SMILES string of the molecule is CCCCCN(C(=O)C(CC(C)C)NC(=O)OC(C)(C)C)C(C(=O)NCCCC)c1ccccc1O. The van der Waals surface area contributed by atoms with Crippen molar-refractivity contribution in [2.24, 2.45) is 5.92 Å². The molecule has 0 bridgehead atoms. The zero-order valence-electron chi connectivity index (χ0n) is 23.2. The second-order valence-corrected chi connectivity index (χ2v) is 10.7. The summed E-state index contributed by atoms with van der Waals surface area (Å²) in [5.41, 5.74) is -0.356. The van der Waals surface area contributed by atoms with Crippen LogP contribution in [0.25, 0.3) is 0 Å². The zero-order chi connectivity index (χ0) is 27.3. The Bertz CT molecular complexity index is 835. The Balaban J connectivity index is 3.45. The summed E-state index contributed by atoms with van der Waals surface area (Å²) >= 11 is 0. The lowest BCUT2D eigenvalue weighted by atomic mass is 9.98. The van der Waals surface area contributed by atoms with Gasteiger partial charge in [0.15, 0.2) is 0 Å². The van der Waals surface area contributed by atoms with Crippen molar-refractivity contribution in [3.05, 3.63) is 29.8 Å². The Kier molecular flexibility index (Phi) is 13.3. The number of hydrogen-bond acceptors (Lipinski definition) is 5.